The monoisotopic (exact) mass is 252 g/mol. The van der Waals surface area contributed by atoms with Gasteiger partial charge in [-0.2, -0.15) is 8.42 Å². The fourth-order valence-corrected chi connectivity index (χ4v) is 2.27. The van der Waals surface area contributed by atoms with Crippen LogP contribution in [0.4, 0.5) is 0 Å². The minimum Gasteiger partial charge on any atom is -0.350 e. The second kappa shape index (κ2) is 7.21. The molecular formula is C10H20O5S. The summed E-state index contributed by atoms with van der Waals surface area (Å²) >= 11 is 0. The highest BCUT2D eigenvalue weighted by molar-refractivity contribution is 7.85. The van der Waals surface area contributed by atoms with Gasteiger partial charge in [0.15, 0.2) is 6.29 Å². The fourth-order valence-electron chi connectivity index (χ4n) is 1.70. The Bertz CT molecular complexity index is 269. The standard InChI is InChI=1S/C10H20O5S/c11-16(12,13)9-5-3-1-2-4-6-10-14-7-8-15-10/h10H,1-9H2,(H,11,12,13). The molecule has 0 radical (unpaired) electrons. The van der Waals surface area contributed by atoms with Gasteiger partial charge >= 0.3 is 0 Å². The Morgan fingerprint density at radius 3 is 2.19 bits per heavy atom. The molecule has 6 heteroatoms. The molecular weight excluding hydrogens is 232 g/mol. The van der Waals surface area contributed by atoms with Crippen molar-refractivity contribution >= 4 is 10.1 Å². The van der Waals surface area contributed by atoms with Crippen molar-refractivity contribution in [3.8, 4) is 0 Å². The van der Waals surface area contributed by atoms with Crippen LogP contribution >= 0.6 is 0 Å². The molecule has 1 rings (SSSR count). The predicted molar refractivity (Wildman–Crippen MR) is 59.8 cm³/mol. The summed E-state index contributed by atoms with van der Waals surface area (Å²) < 4.78 is 39.9. The van der Waals surface area contributed by atoms with Crippen LogP contribution in [0.25, 0.3) is 0 Å². The second-order valence-corrected chi connectivity index (χ2v) is 5.59. The van der Waals surface area contributed by atoms with Crippen molar-refractivity contribution in [1.82, 2.24) is 0 Å². The largest absolute Gasteiger partial charge is 0.350 e. The summed E-state index contributed by atoms with van der Waals surface area (Å²) in [6.07, 6.45) is 5.34. The number of ether oxygens (including phenoxy) is 2. The lowest BCUT2D eigenvalue weighted by atomic mass is 10.1. The molecule has 0 aromatic carbocycles. The van der Waals surface area contributed by atoms with Crippen molar-refractivity contribution in [2.24, 2.45) is 0 Å². The zero-order chi connectivity index (χ0) is 11.9. The van der Waals surface area contributed by atoms with Crippen LogP contribution in [0.2, 0.25) is 0 Å². The Labute approximate surface area is 96.9 Å². The molecule has 96 valence electrons. The molecule has 0 spiro atoms. The summed E-state index contributed by atoms with van der Waals surface area (Å²) in [6, 6.07) is 0. The molecule has 0 saturated carbocycles. The molecule has 0 atom stereocenters. The first kappa shape index (κ1) is 13.9. The second-order valence-electron chi connectivity index (χ2n) is 4.01. The van der Waals surface area contributed by atoms with Gasteiger partial charge in [0.25, 0.3) is 10.1 Å². The number of hydrogen-bond acceptors (Lipinski definition) is 4. The normalized spacial score (nSPS) is 18.1. The molecule has 1 aliphatic heterocycles. The number of unbranched alkanes of at least 4 members (excludes halogenated alkanes) is 4. The van der Waals surface area contributed by atoms with Crippen LogP contribution in [-0.2, 0) is 19.6 Å². The summed E-state index contributed by atoms with van der Waals surface area (Å²) in [4.78, 5) is 0. The van der Waals surface area contributed by atoms with E-state index in [1.807, 2.05) is 0 Å². The fraction of sp³-hybridized carbons (Fsp3) is 1.00. The third-order valence-corrected chi connectivity index (χ3v) is 3.34. The lowest BCUT2D eigenvalue weighted by Gasteiger charge is -2.07. The van der Waals surface area contributed by atoms with E-state index in [2.05, 4.69) is 0 Å². The van der Waals surface area contributed by atoms with Gasteiger partial charge in [0, 0.05) is 0 Å². The van der Waals surface area contributed by atoms with Gasteiger partial charge < -0.3 is 9.47 Å². The molecule has 0 aromatic rings. The lowest BCUT2D eigenvalue weighted by molar-refractivity contribution is -0.0480. The van der Waals surface area contributed by atoms with E-state index < -0.39 is 10.1 Å². The highest BCUT2D eigenvalue weighted by Gasteiger charge is 2.14. The van der Waals surface area contributed by atoms with Crippen molar-refractivity contribution in [2.75, 3.05) is 19.0 Å². The molecule has 16 heavy (non-hydrogen) atoms. The molecule has 0 bridgehead atoms. The maximum Gasteiger partial charge on any atom is 0.264 e. The summed E-state index contributed by atoms with van der Waals surface area (Å²) in [7, 11) is -3.77. The maximum absolute atomic E-state index is 10.4. The minimum absolute atomic E-state index is 0.0298. The van der Waals surface area contributed by atoms with E-state index in [4.69, 9.17) is 14.0 Å². The first-order valence-corrected chi connectivity index (χ1v) is 7.37. The van der Waals surface area contributed by atoms with Gasteiger partial charge in [-0.1, -0.05) is 19.3 Å². The van der Waals surface area contributed by atoms with Crippen molar-refractivity contribution < 1.29 is 22.4 Å². The molecule has 1 fully saturated rings. The third kappa shape index (κ3) is 7.16. The van der Waals surface area contributed by atoms with E-state index in [0.29, 0.717) is 19.6 Å². The van der Waals surface area contributed by atoms with E-state index in [1.54, 1.807) is 0 Å². The molecule has 0 amide bonds. The van der Waals surface area contributed by atoms with E-state index in [1.165, 1.54) is 0 Å². The average molecular weight is 252 g/mol. The van der Waals surface area contributed by atoms with Crippen LogP contribution in [-0.4, -0.2) is 38.2 Å². The zero-order valence-electron chi connectivity index (χ0n) is 9.43. The maximum atomic E-state index is 10.4. The summed E-state index contributed by atoms with van der Waals surface area (Å²) in [5, 5.41) is 0. The SMILES string of the molecule is O=S(=O)(O)CCCCCCCC1OCCO1. The van der Waals surface area contributed by atoms with Crippen molar-refractivity contribution in [3.63, 3.8) is 0 Å². The number of hydrogen-bond donors (Lipinski definition) is 1. The topological polar surface area (TPSA) is 72.8 Å². The van der Waals surface area contributed by atoms with E-state index in [0.717, 1.165) is 32.1 Å². The van der Waals surface area contributed by atoms with Gasteiger partial charge in [-0.3, -0.25) is 4.55 Å². The minimum atomic E-state index is -3.77. The molecule has 0 unspecified atom stereocenters. The van der Waals surface area contributed by atoms with Gasteiger partial charge in [-0.15, -0.1) is 0 Å². The Kier molecular flexibility index (Phi) is 6.26. The summed E-state index contributed by atoms with van der Waals surface area (Å²) in [5.41, 5.74) is 0. The highest BCUT2D eigenvalue weighted by atomic mass is 32.2. The van der Waals surface area contributed by atoms with E-state index in [9.17, 15) is 8.42 Å². The van der Waals surface area contributed by atoms with Crippen LogP contribution in [0.3, 0.4) is 0 Å². The van der Waals surface area contributed by atoms with E-state index >= 15 is 0 Å². The third-order valence-electron chi connectivity index (χ3n) is 2.53. The van der Waals surface area contributed by atoms with Crippen LogP contribution in [0.1, 0.15) is 38.5 Å². The van der Waals surface area contributed by atoms with Crippen LogP contribution in [0.5, 0.6) is 0 Å². The van der Waals surface area contributed by atoms with Gasteiger partial charge in [0.05, 0.1) is 19.0 Å². The van der Waals surface area contributed by atoms with Crippen LogP contribution < -0.4 is 0 Å². The molecule has 1 aliphatic rings. The zero-order valence-corrected chi connectivity index (χ0v) is 10.2. The van der Waals surface area contributed by atoms with Crippen LogP contribution in [0.15, 0.2) is 0 Å². The first-order chi connectivity index (χ1) is 7.58. The van der Waals surface area contributed by atoms with Crippen molar-refractivity contribution in [1.29, 1.82) is 0 Å². The Morgan fingerprint density at radius 2 is 1.56 bits per heavy atom. The quantitative estimate of drug-likeness (QED) is 0.524. The van der Waals surface area contributed by atoms with Crippen molar-refractivity contribution in [3.05, 3.63) is 0 Å². The Morgan fingerprint density at radius 1 is 1.00 bits per heavy atom. The Balaban J connectivity index is 1.84. The smallest absolute Gasteiger partial charge is 0.264 e. The lowest BCUT2D eigenvalue weighted by Crippen LogP contribution is -2.06. The molecule has 1 N–H and O–H groups in total. The molecule has 0 aliphatic carbocycles. The Hall–Kier alpha value is -0.170. The van der Waals surface area contributed by atoms with Crippen LogP contribution in [0, 0.1) is 0 Å². The highest BCUT2D eigenvalue weighted by Crippen LogP contribution is 2.13. The average Bonchev–Trinajstić information content (AvgIpc) is 2.67. The van der Waals surface area contributed by atoms with E-state index in [-0.39, 0.29) is 12.0 Å². The van der Waals surface area contributed by atoms with Gasteiger partial charge in [0.1, 0.15) is 0 Å². The van der Waals surface area contributed by atoms with Gasteiger partial charge in [-0.25, -0.2) is 0 Å². The van der Waals surface area contributed by atoms with Gasteiger partial charge in [0.2, 0.25) is 0 Å². The molecule has 5 nitrogen and oxygen atoms in total. The molecule has 1 saturated heterocycles. The summed E-state index contributed by atoms with van der Waals surface area (Å²) in [6.45, 7) is 1.39. The first-order valence-electron chi connectivity index (χ1n) is 5.76. The van der Waals surface area contributed by atoms with Crippen molar-refractivity contribution in [2.45, 2.75) is 44.8 Å². The summed E-state index contributed by atoms with van der Waals surface area (Å²) in [5.74, 6) is -0.123. The molecule has 0 aromatic heterocycles. The predicted octanol–water partition coefficient (Wildman–Crippen LogP) is 1.59. The number of rotatable bonds is 8. The van der Waals surface area contributed by atoms with Gasteiger partial charge in [-0.05, 0) is 19.3 Å². The molecule has 1 heterocycles.